The summed E-state index contributed by atoms with van der Waals surface area (Å²) in [6.07, 6.45) is 0.475. The lowest BCUT2D eigenvalue weighted by atomic mass is 9.86. The topological polar surface area (TPSA) is 41.1 Å². The van der Waals surface area contributed by atoms with Crippen LogP contribution in [-0.4, -0.2) is 25.0 Å². The van der Waals surface area contributed by atoms with Crippen molar-refractivity contribution < 1.29 is 18.0 Å². The van der Waals surface area contributed by atoms with Crippen LogP contribution in [0.15, 0.2) is 36.4 Å². The summed E-state index contributed by atoms with van der Waals surface area (Å²) in [5, 5.41) is 6.22. The predicted octanol–water partition coefficient (Wildman–Crippen LogP) is 3.98. The molecule has 8 heteroatoms. The Kier molecular flexibility index (Phi) is 7.53. The van der Waals surface area contributed by atoms with Crippen LogP contribution >= 0.6 is 24.0 Å². The number of piperidine rings is 1. The zero-order valence-corrected chi connectivity index (χ0v) is 15.8. The normalized spacial score (nSPS) is 19.3. The standard InChI is InChI=1S/C19H18ClF3N2O.ClH/c20-14-2-1-3-15(21)13(14)9-19(26)25-18-10-24-7-6-12(18)11-4-5-16(22)17(23)8-11;/h1-5,8,12,18,24H,6-7,9-10H2,(H,25,26);1H. The fourth-order valence-corrected chi connectivity index (χ4v) is 3.50. The first kappa shape index (κ1) is 21.5. The van der Waals surface area contributed by atoms with E-state index in [0.717, 1.165) is 12.1 Å². The van der Waals surface area contributed by atoms with Crippen LogP contribution in [0.25, 0.3) is 0 Å². The molecule has 1 heterocycles. The summed E-state index contributed by atoms with van der Waals surface area (Å²) in [4.78, 5) is 12.4. The molecule has 146 valence electrons. The van der Waals surface area contributed by atoms with Gasteiger partial charge in [-0.25, -0.2) is 13.2 Å². The maximum absolute atomic E-state index is 13.9. The van der Waals surface area contributed by atoms with Gasteiger partial charge in [-0.2, -0.15) is 0 Å². The number of rotatable bonds is 4. The molecule has 1 fully saturated rings. The molecule has 27 heavy (non-hydrogen) atoms. The second-order valence-electron chi connectivity index (χ2n) is 6.32. The smallest absolute Gasteiger partial charge is 0.224 e. The largest absolute Gasteiger partial charge is 0.351 e. The summed E-state index contributed by atoms with van der Waals surface area (Å²) >= 11 is 5.96. The fraction of sp³-hybridized carbons (Fsp3) is 0.316. The van der Waals surface area contributed by atoms with E-state index in [1.165, 1.54) is 24.3 Å². The maximum atomic E-state index is 13.9. The van der Waals surface area contributed by atoms with Crippen LogP contribution < -0.4 is 10.6 Å². The van der Waals surface area contributed by atoms with Crippen molar-refractivity contribution in [3.05, 3.63) is 70.0 Å². The molecular formula is C19H19Cl2F3N2O. The Balaban J connectivity index is 0.00000261. The van der Waals surface area contributed by atoms with E-state index in [-0.39, 0.29) is 47.3 Å². The molecule has 1 aliphatic rings. The average Bonchev–Trinajstić information content (AvgIpc) is 2.61. The van der Waals surface area contributed by atoms with Crippen LogP contribution in [0, 0.1) is 17.5 Å². The van der Waals surface area contributed by atoms with Gasteiger partial charge in [-0.15, -0.1) is 12.4 Å². The second-order valence-corrected chi connectivity index (χ2v) is 6.73. The van der Waals surface area contributed by atoms with Crippen molar-refractivity contribution in [3.63, 3.8) is 0 Å². The number of hydrogen-bond donors (Lipinski definition) is 2. The molecule has 0 radical (unpaired) electrons. The van der Waals surface area contributed by atoms with Gasteiger partial charge >= 0.3 is 0 Å². The summed E-state index contributed by atoms with van der Waals surface area (Å²) in [5.74, 6) is -2.89. The number of benzene rings is 2. The Hall–Kier alpha value is -1.76. The molecule has 2 N–H and O–H groups in total. The first-order valence-electron chi connectivity index (χ1n) is 8.33. The van der Waals surface area contributed by atoms with Gasteiger partial charge in [-0.1, -0.05) is 23.7 Å². The minimum absolute atomic E-state index is 0. The molecule has 0 aliphatic carbocycles. The van der Waals surface area contributed by atoms with Crippen LogP contribution in [0.1, 0.15) is 23.5 Å². The highest BCUT2D eigenvalue weighted by Crippen LogP contribution is 2.27. The molecule has 2 atom stereocenters. The zero-order chi connectivity index (χ0) is 18.7. The molecule has 3 rings (SSSR count). The number of nitrogens with one attached hydrogen (secondary N) is 2. The van der Waals surface area contributed by atoms with Crippen molar-refractivity contribution in [2.75, 3.05) is 13.1 Å². The quantitative estimate of drug-likeness (QED) is 0.787. The van der Waals surface area contributed by atoms with E-state index < -0.39 is 17.5 Å². The Labute approximate surface area is 166 Å². The summed E-state index contributed by atoms with van der Waals surface area (Å²) in [7, 11) is 0. The van der Waals surface area contributed by atoms with Gasteiger partial charge in [0.15, 0.2) is 11.6 Å². The Morgan fingerprint density at radius 1 is 1.15 bits per heavy atom. The summed E-state index contributed by atoms with van der Waals surface area (Å²) in [6.45, 7) is 1.19. The third kappa shape index (κ3) is 5.15. The van der Waals surface area contributed by atoms with E-state index in [0.29, 0.717) is 25.1 Å². The van der Waals surface area contributed by atoms with Gasteiger partial charge in [-0.3, -0.25) is 4.79 Å². The van der Waals surface area contributed by atoms with Gasteiger partial charge in [0.05, 0.1) is 6.42 Å². The molecule has 1 aliphatic heterocycles. The Morgan fingerprint density at radius 3 is 2.63 bits per heavy atom. The number of hydrogen-bond acceptors (Lipinski definition) is 2. The molecule has 3 nitrogen and oxygen atoms in total. The van der Waals surface area contributed by atoms with Crippen molar-refractivity contribution >= 4 is 29.9 Å². The molecule has 0 spiro atoms. The van der Waals surface area contributed by atoms with E-state index in [4.69, 9.17) is 11.6 Å². The van der Waals surface area contributed by atoms with Crippen LogP contribution in [-0.2, 0) is 11.2 Å². The molecule has 0 saturated carbocycles. The monoisotopic (exact) mass is 418 g/mol. The van der Waals surface area contributed by atoms with Crippen LogP contribution in [0.2, 0.25) is 5.02 Å². The Bertz CT molecular complexity index is 799. The third-order valence-corrected chi connectivity index (χ3v) is 4.95. The first-order valence-corrected chi connectivity index (χ1v) is 8.71. The predicted molar refractivity (Wildman–Crippen MR) is 101 cm³/mol. The SMILES string of the molecule is Cl.O=C(Cc1c(F)cccc1Cl)NC1CNCCC1c1ccc(F)c(F)c1. The molecule has 1 saturated heterocycles. The van der Waals surface area contributed by atoms with Gasteiger partial charge in [0.1, 0.15) is 5.82 Å². The zero-order valence-electron chi connectivity index (χ0n) is 14.3. The molecule has 2 aromatic rings. The molecule has 0 bridgehead atoms. The summed E-state index contributed by atoms with van der Waals surface area (Å²) in [6, 6.07) is 7.72. The van der Waals surface area contributed by atoms with Crippen molar-refractivity contribution in [2.45, 2.75) is 24.8 Å². The van der Waals surface area contributed by atoms with E-state index in [9.17, 15) is 18.0 Å². The van der Waals surface area contributed by atoms with Gasteiger partial charge in [0, 0.05) is 29.1 Å². The highest BCUT2D eigenvalue weighted by Gasteiger charge is 2.28. The number of carbonyl (C=O) groups is 1. The van der Waals surface area contributed by atoms with Crippen molar-refractivity contribution in [2.24, 2.45) is 0 Å². The second kappa shape index (κ2) is 9.44. The highest BCUT2D eigenvalue weighted by molar-refractivity contribution is 6.31. The molecule has 2 aromatic carbocycles. The summed E-state index contributed by atoms with van der Waals surface area (Å²) in [5.41, 5.74) is 0.763. The Morgan fingerprint density at radius 2 is 1.93 bits per heavy atom. The molecule has 2 unspecified atom stereocenters. The van der Waals surface area contributed by atoms with Gasteiger partial charge in [-0.05, 0) is 42.8 Å². The van der Waals surface area contributed by atoms with Gasteiger partial charge < -0.3 is 10.6 Å². The van der Waals surface area contributed by atoms with E-state index in [2.05, 4.69) is 10.6 Å². The lowest BCUT2D eigenvalue weighted by molar-refractivity contribution is -0.121. The van der Waals surface area contributed by atoms with Crippen molar-refractivity contribution in [1.82, 2.24) is 10.6 Å². The highest BCUT2D eigenvalue weighted by atomic mass is 35.5. The lowest BCUT2D eigenvalue weighted by Crippen LogP contribution is -2.50. The summed E-state index contributed by atoms with van der Waals surface area (Å²) < 4.78 is 40.6. The minimum Gasteiger partial charge on any atom is -0.351 e. The van der Waals surface area contributed by atoms with Crippen LogP contribution in [0.4, 0.5) is 13.2 Å². The van der Waals surface area contributed by atoms with Crippen molar-refractivity contribution in [3.8, 4) is 0 Å². The number of amides is 1. The van der Waals surface area contributed by atoms with Gasteiger partial charge in [0.2, 0.25) is 5.91 Å². The van der Waals surface area contributed by atoms with Crippen LogP contribution in [0.5, 0.6) is 0 Å². The van der Waals surface area contributed by atoms with E-state index >= 15 is 0 Å². The third-order valence-electron chi connectivity index (χ3n) is 4.60. The first-order chi connectivity index (χ1) is 12.5. The fourth-order valence-electron chi connectivity index (χ4n) is 3.27. The van der Waals surface area contributed by atoms with E-state index in [1.807, 2.05) is 0 Å². The number of carbonyl (C=O) groups excluding carboxylic acids is 1. The minimum atomic E-state index is -0.913. The average molecular weight is 419 g/mol. The molecule has 0 aromatic heterocycles. The maximum Gasteiger partial charge on any atom is 0.224 e. The van der Waals surface area contributed by atoms with Crippen LogP contribution in [0.3, 0.4) is 0 Å². The molecule has 1 amide bonds. The van der Waals surface area contributed by atoms with Crippen molar-refractivity contribution in [1.29, 1.82) is 0 Å². The van der Waals surface area contributed by atoms with Gasteiger partial charge in [0.25, 0.3) is 0 Å². The lowest BCUT2D eigenvalue weighted by Gasteiger charge is -2.33. The molecular weight excluding hydrogens is 400 g/mol. The van der Waals surface area contributed by atoms with E-state index in [1.54, 1.807) is 0 Å². The number of halogens is 5.